The standard InChI is InChI=1S/C15H24N2O4/c1-15(2,3)11(14(20)21)16-12(18)10-5-4-8-17(10)13(19)9-6-7-9/h9-11H,4-8H2,1-3H3,(H,16,18)(H,20,21). The lowest BCUT2D eigenvalue weighted by Crippen LogP contribution is -2.55. The molecular formula is C15H24N2O4. The van der Waals surface area contributed by atoms with Gasteiger partial charge in [0.1, 0.15) is 12.1 Å². The van der Waals surface area contributed by atoms with Gasteiger partial charge in [0.15, 0.2) is 0 Å². The number of likely N-dealkylation sites (tertiary alicyclic amines) is 1. The van der Waals surface area contributed by atoms with Gasteiger partial charge in [-0.1, -0.05) is 20.8 Å². The van der Waals surface area contributed by atoms with Crippen molar-refractivity contribution in [2.45, 2.75) is 58.5 Å². The van der Waals surface area contributed by atoms with E-state index in [1.165, 1.54) is 0 Å². The van der Waals surface area contributed by atoms with Crippen LogP contribution < -0.4 is 5.32 Å². The van der Waals surface area contributed by atoms with E-state index >= 15 is 0 Å². The summed E-state index contributed by atoms with van der Waals surface area (Å²) in [6, 6.07) is -1.47. The molecular weight excluding hydrogens is 272 g/mol. The minimum absolute atomic E-state index is 0.0512. The summed E-state index contributed by atoms with van der Waals surface area (Å²) in [5.41, 5.74) is -0.578. The third-order valence-electron chi connectivity index (χ3n) is 4.16. The second-order valence-corrected chi connectivity index (χ2v) is 7.11. The highest BCUT2D eigenvalue weighted by Crippen LogP contribution is 2.33. The summed E-state index contributed by atoms with van der Waals surface area (Å²) >= 11 is 0. The third-order valence-corrected chi connectivity index (χ3v) is 4.16. The van der Waals surface area contributed by atoms with E-state index in [0.717, 1.165) is 19.3 Å². The Hall–Kier alpha value is -1.59. The molecule has 1 saturated heterocycles. The number of hydrogen-bond donors (Lipinski definition) is 2. The second-order valence-electron chi connectivity index (χ2n) is 7.11. The number of rotatable bonds is 4. The van der Waals surface area contributed by atoms with Gasteiger partial charge in [0.05, 0.1) is 0 Å². The van der Waals surface area contributed by atoms with Crippen LogP contribution in [-0.4, -0.2) is 46.4 Å². The number of carboxylic acid groups (broad SMARTS) is 1. The summed E-state index contributed by atoms with van der Waals surface area (Å²) in [4.78, 5) is 37.5. The van der Waals surface area contributed by atoms with E-state index < -0.39 is 23.5 Å². The van der Waals surface area contributed by atoms with Crippen LogP contribution in [-0.2, 0) is 14.4 Å². The van der Waals surface area contributed by atoms with Crippen molar-refractivity contribution in [3.63, 3.8) is 0 Å². The van der Waals surface area contributed by atoms with Crippen molar-refractivity contribution in [2.24, 2.45) is 11.3 Å². The van der Waals surface area contributed by atoms with Crippen molar-refractivity contribution in [3.05, 3.63) is 0 Å². The van der Waals surface area contributed by atoms with Gasteiger partial charge in [-0.3, -0.25) is 9.59 Å². The van der Waals surface area contributed by atoms with Crippen molar-refractivity contribution < 1.29 is 19.5 Å². The molecule has 2 N–H and O–H groups in total. The number of amides is 2. The van der Waals surface area contributed by atoms with E-state index in [0.29, 0.717) is 13.0 Å². The molecule has 0 radical (unpaired) electrons. The van der Waals surface area contributed by atoms with Gasteiger partial charge in [0, 0.05) is 12.5 Å². The van der Waals surface area contributed by atoms with Crippen LogP contribution in [0.5, 0.6) is 0 Å². The zero-order chi connectivity index (χ0) is 15.8. The fraction of sp³-hybridized carbons (Fsp3) is 0.800. The SMILES string of the molecule is CC(C)(C)C(NC(=O)C1CCCN1C(=O)C1CC1)C(=O)O. The Balaban J connectivity index is 2.04. The molecule has 2 aliphatic rings. The summed E-state index contributed by atoms with van der Waals surface area (Å²) in [6.45, 7) is 5.91. The lowest BCUT2D eigenvalue weighted by atomic mass is 9.86. The van der Waals surface area contributed by atoms with Gasteiger partial charge in [0.2, 0.25) is 11.8 Å². The molecule has 6 heteroatoms. The lowest BCUT2D eigenvalue weighted by molar-refractivity contribution is -0.146. The average Bonchev–Trinajstić information content (AvgIpc) is 3.10. The number of carboxylic acids is 1. The number of carbonyl (C=O) groups is 3. The van der Waals surface area contributed by atoms with Crippen LogP contribution in [0.2, 0.25) is 0 Å². The summed E-state index contributed by atoms with van der Waals surface area (Å²) < 4.78 is 0. The van der Waals surface area contributed by atoms with E-state index in [1.54, 1.807) is 25.7 Å². The van der Waals surface area contributed by atoms with E-state index in [4.69, 9.17) is 0 Å². The maximum absolute atomic E-state index is 12.4. The molecule has 0 aromatic carbocycles. The number of aliphatic carboxylic acids is 1. The Morgan fingerprint density at radius 2 is 1.81 bits per heavy atom. The third kappa shape index (κ3) is 3.54. The molecule has 0 spiro atoms. The monoisotopic (exact) mass is 296 g/mol. The van der Waals surface area contributed by atoms with Gasteiger partial charge in [0.25, 0.3) is 0 Å². The highest BCUT2D eigenvalue weighted by molar-refractivity contribution is 5.92. The van der Waals surface area contributed by atoms with Gasteiger partial charge in [-0.25, -0.2) is 4.79 Å². The molecule has 1 aliphatic heterocycles. The highest BCUT2D eigenvalue weighted by Gasteiger charge is 2.42. The predicted octanol–water partition coefficient (Wildman–Crippen LogP) is 1.00. The normalized spacial score (nSPS) is 23.8. The Morgan fingerprint density at radius 3 is 2.29 bits per heavy atom. The van der Waals surface area contributed by atoms with Crippen LogP contribution in [0.15, 0.2) is 0 Å². The minimum Gasteiger partial charge on any atom is -0.480 e. The van der Waals surface area contributed by atoms with E-state index in [2.05, 4.69) is 5.32 Å². The smallest absolute Gasteiger partial charge is 0.326 e. The minimum atomic E-state index is -1.05. The van der Waals surface area contributed by atoms with Gasteiger partial charge < -0.3 is 15.3 Å². The van der Waals surface area contributed by atoms with Crippen molar-refractivity contribution in [1.29, 1.82) is 0 Å². The van der Waals surface area contributed by atoms with Gasteiger partial charge in [-0.2, -0.15) is 0 Å². The molecule has 1 saturated carbocycles. The molecule has 2 fully saturated rings. The molecule has 6 nitrogen and oxygen atoms in total. The zero-order valence-corrected chi connectivity index (χ0v) is 12.9. The number of carbonyl (C=O) groups excluding carboxylic acids is 2. The maximum atomic E-state index is 12.4. The van der Waals surface area contributed by atoms with E-state index in [9.17, 15) is 19.5 Å². The lowest BCUT2D eigenvalue weighted by Gasteiger charge is -2.31. The molecule has 1 heterocycles. The maximum Gasteiger partial charge on any atom is 0.326 e. The van der Waals surface area contributed by atoms with E-state index in [-0.39, 0.29) is 17.7 Å². The van der Waals surface area contributed by atoms with Crippen LogP contribution in [0.1, 0.15) is 46.5 Å². The van der Waals surface area contributed by atoms with Gasteiger partial charge >= 0.3 is 5.97 Å². The Labute approximate surface area is 124 Å². The molecule has 0 aromatic heterocycles. The Bertz CT molecular complexity index is 451. The summed E-state index contributed by atoms with van der Waals surface area (Å²) in [6.07, 6.45) is 3.22. The largest absolute Gasteiger partial charge is 0.480 e. The second kappa shape index (κ2) is 5.66. The van der Waals surface area contributed by atoms with Crippen LogP contribution >= 0.6 is 0 Å². The number of hydrogen-bond acceptors (Lipinski definition) is 3. The number of nitrogens with one attached hydrogen (secondary N) is 1. The first-order valence-electron chi connectivity index (χ1n) is 7.55. The fourth-order valence-electron chi connectivity index (χ4n) is 2.75. The summed E-state index contributed by atoms with van der Waals surface area (Å²) in [7, 11) is 0. The van der Waals surface area contributed by atoms with Crippen molar-refractivity contribution in [1.82, 2.24) is 10.2 Å². The van der Waals surface area contributed by atoms with Crippen LogP contribution in [0.4, 0.5) is 0 Å². The van der Waals surface area contributed by atoms with Crippen molar-refractivity contribution >= 4 is 17.8 Å². The topological polar surface area (TPSA) is 86.7 Å². The first-order valence-corrected chi connectivity index (χ1v) is 7.55. The molecule has 2 rings (SSSR count). The zero-order valence-electron chi connectivity index (χ0n) is 12.9. The molecule has 2 atom stereocenters. The first-order chi connectivity index (χ1) is 9.71. The molecule has 2 amide bonds. The van der Waals surface area contributed by atoms with E-state index in [1.807, 2.05) is 0 Å². The van der Waals surface area contributed by atoms with Crippen LogP contribution in [0, 0.1) is 11.3 Å². The molecule has 2 unspecified atom stereocenters. The van der Waals surface area contributed by atoms with Crippen LogP contribution in [0.25, 0.3) is 0 Å². The summed E-state index contributed by atoms with van der Waals surface area (Å²) in [5.74, 6) is -1.26. The Morgan fingerprint density at radius 1 is 1.19 bits per heavy atom. The average molecular weight is 296 g/mol. The van der Waals surface area contributed by atoms with Crippen LogP contribution in [0.3, 0.4) is 0 Å². The predicted molar refractivity (Wildman–Crippen MR) is 76.5 cm³/mol. The van der Waals surface area contributed by atoms with Gasteiger partial charge in [-0.15, -0.1) is 0 Å². The molecule has 1 aliphatic carbocycles. The van der Waals surface area contributed by atoms with Crippen molar-refractivity contribution in [3.8, 4) is 0 Å². The number of nitrogens with zero attached hydrogens (tertiary/aromatic N) is 1. The summed E-state index contributed by atoms with van der Waals surface area (Å²) in [5, 5.41) is 11.9. The molecule has 0 aromatic rings. The first kappa shape index (κ1) is 15.8. The Kier molecular flexibility index (Phi) is 4.25. The van der Waals surface area contributed by atoms with Crippen molar-refractivity contribution in [2.75, 3.05) is 6.54 Å². The molecule has 0 bridgehead atoms. The van der Waals surface area contributed by atoms with Gasteiger partial charge in [-0.05, 0) is 31.1 Å². The molecule has 118 valence electrons. The quantitative estimate of drug-likeness (QED) is 0.810. The highest BCUT2D eigenvalue weighted by atomic mass is 16.4. The fourth-order valence-corrected chi connectivity index (χ4v) is 2.75. The molecule has 21 heavy (non-hydrogen) atoms.